The normalized spacial score (nSPS) is 11.4. The van der Waals surface area contributed by atoms with Crippen molar-refractivity contribution in [1.29, 1.82) is 0 Å². The molecule has 3 N–H and O–H groups in total. The first-order valence-corrected chi connectivity index (χ1v) is 8.44. The summed E-state index contributed by atoms with van der Waals surface area (Å²) in [5.41, 5.74) is 7.25. The number of sulfonamides is 1. The molecule has 6 nitrogen and oxygen atoms in total. The van der Waals surface area contributed by atoms with Gasteiger partial charge in [-0.1, -0.05) is 11.6 Å². The molecule has 0 bridgehead atoms. The standard InChI is InChI=1S/C12H12BrClN4O2S/c1-6-3-7(2)17-12(16-6)18-21(19,20)10-5-8(14)4-9(15)11(10)13/h3-5H,15H2,1-2H3,(H,16,17,18). The minimum atomic E-state index is -3.91. The second-order valence-electron chi connectivity index (χ2n) is 4.39. The van der Waals surface area contributed by atoms with E-state index in [4.69, 9.17) is 17.3 Å². The summed E-state index contributed by atoms with van der Waals surface area (Å²) in [5.74, 6) is -0.00190. The smallest absolute Gasteiger partial charge is 0.265 e. The fraction of sp³-hybridized carbons (Fsp3) is 0.167. The van der Waals surface area contributed by atoms with E-state index in [9.17, 15) is 8.42 Å². The Labute approximate surface area is 135 Å². The molecule has 0 aliphatic heterocycles. The number of hydrogen-bond acceptors (Lipinski definition) is 5. The van der Waals surface area contributed by atoms with Crippen molar-refractivity contribution in [3.05, 3.63) is 39.1 Å². The second-order valence-corrected chi connectivity index (χ2v) is 7.27. The summed E-state index contributed by atoms with van der Waals surface area (Å²) in [4.78, 5) is 8.00. The lowest BCUT2D eigenvalue weighted by molar-refractivity contribution is 0.600. The SMILES string of the molecule is Cc1cc(C)nc(NS(=O)(=O)c2cc(Cl)cc(N)c2Br)n1. The largest absolute Gasteiger partial charge is 0.398 e. The highest BCUT2D eigenvalue weighted by Crippen LogP contribution is 2.32. The van der Waals surface area contributed by atoms with Crippen molar-refractivity contribution < 1.29 is 8.42 Å². The number of nitrogens with one attached hydrogen (secondary N) is 1. The number of hydrogen-bond donors (Lipinski definition) is 2. The first kappa shape index (κ1) is 16.0. The number of halogens is 2. The predicted molar refractivity (Wildman–Crippen MR) is 85.9 cm³/mol. The maximum absolute atomic E-state index is 12.4. The Kier molecular flexibility index (Phi) is 4.40. The molecule has 0 unspecified atom stereocenters. The Hall–Kier alpha value is -1.38. The molecule has 2 rings (SSSR count). The predicted octanol–water partition coefficient (Wildman–Crippen LogP) is 2.89. The molecule has 1 heterocycles. The van der Waals surface area contributed by atoms with Gasteiger partial charge in [0.25, 0.3) is 10.0 Å². The maximum atomic E-state index is 12.4. The van der Waals surface area contributed by atoms with E-state index in [2.05, 4.69) is 30.6 Å². The van der Waals surface area contributed by atoms with E-state index in [1.807, 2.05) is 0 Å². The van der Waals surface area contributed by atoms with Crippen LogP contribution in [-0.4, -0.2) is 18.4 Å². The van der Waals surface area contributed by atoms with Crippen molar-refractivity contribution in [3.8, 4) is 0 Å². The van der Waals surface area contributed by atoms with Crippen LogP contribution in [0.25, 0.3) is 0 Å². The molecule has 0 saturated heterocycles. The minimum absolute atomic E-state index is 0.00190. The van der Waals surface area contributed by atoms with Gasteiger partial charge in [0.1, 0.15) is 4.90 Å². The van der Waals surface area contributed by atoms with Gasteiger partial charge >= 0.3 is 0 Å². The van der Waals surface area contributed by atoms with Crippen molar-refractivity contribution >= 4 is 49.2 Å². The number of nitrogen functional groups attached to an aromatic ring is 1. The van der Waals surface area contributed by atoms with Gasteiger partial charge in [0, 0.05) is 22.1 Å². The van der Waals surface area contributed by atoms with Crippen molar-refractivity contribution in [2.24, 2.45) is 0 Å². The molecule has 0 atom stereocenters. The van der Waals surface area contributed by atoms with Gasteiger partial charge in [0.05, 0.1) is 4.47 Å². The lowest BCUT2D eigenvalue weighted by Crippen LogP contribution is -2.16. The highest BCUT2D eigenvalue weighted by Gasteiger charge is 2.21. The van der Waals surface area contributed by atoms with Gasteiger partial charge < -0.3 is 5.73 Å². The molecule has 112 valence electrons. The van der Waals surface area contributed by atoms with Crippen LogP contribution in [0.1, 0.15) is 11.4 Å². The Morgan fingerprint density at radius 1 is 1.19 bits per heavy atom. The highest BCUT2D eigenvalue weighted by atomic mass is 79.9. The van der Waals surface area contributed by atoms with Crippen molar-refractivity contribution in [2.75, 3.05) is 10.5 Å². The summed E-state index contributed by atoms with van der Waals surface area (Å²) in [6.07, 6.45) is 0. The zero-order valence-corrected chi connectivity index (χ0v) is 14.3. The summed E-state index contributed by atoms with van der Waals surface area (Å²) in [5, 5.41) is 0.220. The number of aryl methyl sites for hydroxylation is 2. The van der Waals surface area contributed by atoms with Crippen LogP contribution in [0.2, 0.25) is 5.02 Å². The number of aromatic nitrogens is 2. The topological polar surface area (TPSA) is 98.0 Å². The van der Waals surface area contributed by atoms with Crippen molar-refractivity contribution in [2.45, 2.75) is 18.7 Å². The second kappa shape index (κ2) is 5.78. The molecule has 0 aliphatic rings. The van der Waals surface area contributed by atoms with E-state index in [0.29, 0.717) is 11.4 Å². The van der Waals surface area contributed by atoms with E-state index < -0.39 is 10.0 Å². The zero-order valence-electron chi connectivity index (χ0n) is 11.2. The zero-order chi connectivity index (χ0) is 15.8. The maximum Gasteiger partial charge on any atom is 0.265 e. The molecular weight excluding hydrogens is 380 g/mol. The molecule has 9 heteroatoms. The number of benzene rings is 1. The third kappa shape index (κ3) is 3.63. The molecule has 0 aliphatic carbocycles. The lowest BCUT2D eigenvalue weighted by atomic mass is 10.3. The fourth-order valence-electron chi connectivity index (χ4n) is 1.73. The monoisotopic (exact) mass is 390 g/mol. The molecule has 0 amide bonds. The van der Waals surface area contributed by atoms with Crippen LogP contribution in [-0.2, 0) is 10.0 Å². The third-order valence-corrected chi connectivity index (χ3v) is 5.25. The Balaban J connectivity index is 2.48. The molecule has 1 aromatic heterocycles. The molecule has 2 aromatic rings. The highest BCUT2D eigenvalue weighted by molar-refractivity contribution is 9.10. The van der Waals surface area contributed by atoms with E-state index >= 15 is 0 Å². The van der Waals surface area contributed by atoms with Crippen LogP contribution in [0, 0.1) is 13.8 Å². The van der Waals surface area contributed by atoms with Crippen molar-refractivity contribution in [3.63, 3.8) is 0 Å². The van der Waals surface area contributed by atoms with Gasteiger partial charge in [0.2, 0.25) is 5.95 Å². The van der Waals surface area contributed by atoms with Crippen LogP contribution < -0.4 is 10.5 Å². The van der Waals surface area contributed by atoms with Gasteiger partial charge in [0.15, 0.2) is 0 Å². The molecule has 21 heavy (non-hydrogen) atoms. The number of rotatable bonds is 3. The summed E-state index contributed by atoms with van der Waals surface area (Å²) >= 11 is 9.01. The van der Waals surface area contributed by atoms with E-state index in [1.165, 1.54) is 12.1 Å². The number of anilines is 2. The summed E-state index contributed by atoms with van der Waals surface area (Å²) < 4.78 is 27.4. The van der Waals surface area contributed by atoms with E-state index in [1.54, 1.807) is 19.9 Å². The molecule has 0 fully saturated rings. The number of nitrogens with zero attached hydrogens (tertiary/aromatic N) is 2. The van der Waals surface area contributed by atoms with Gasteiger partial charge in [-0.2, -0.15) is 0 Å². The molecule has 0 spiro atoms. The van der Waals surface area contributed by atoms with Gasteiger partial charge in [-0.05, 0) is 48.0 Å². The van der Waals surface area contributed by atoms with Crippen molar-refractivity contribution in [1.82, 2.24) is 9.97 Å². The Bertz CT molecular complexity index is 791. The summed E-state index contributed by atoms with van der Waals surface area (Å²) in [6.45, 7) is 3.50. The first-order valence-electron chi connectivity index (χ1n) is 5.78. The Morgan fingerprint density at radius 2 is 1.76 bits per heavy atom. The van der Waals surface area contributed by atoms with Crippen LogP contribution >= 0.6 is 27.5 Å². The van der Waals surface area contributed by atoms with Crippen LogP contribution in [0.5, 0.6) is 0 Å². The van der Waals surface area contributed by atoms with E-state index in [0.717, 1.165) is 0 Å². The molecular formula is C12H12BrClN4O2S. The lowest BCUT2D eigenvalue weighted by Gasteiger charge is -2.11. The minimum Gasteiger partial charge on any atom is -0.398 e. The van der Waals surface area contributed by atoms with Crippen LogP contribution in [0.3, 0.4) is 0 Å². The summed E-state index contributed by atoms with van der Waals surface area (Å²) in [6, 6.07) is 4.50. The Morgan fingerprint density at radius 3 is 2.33 bits per heavy atom. The molecule has 0 saturated carbocycles. The average molecular weight is 392 g/mol. The number of nitrogens with two attached hydrogens (primary N) is 1. The fourth-order valence-corrected chi connectivity index (χ4v) is 3.96. The average Bonchev–Trinajstić information content (AvgIpc) is 2.31. The van der Waals surface area contributed by atoms with Gasteiger partial charge in [-0.3, -0.25) is 0 Å². The van der Waals surface area contributed by atoms with Crippen LogP contribution in [0.4, 0.5) is 11.6 Å². The summed E-state index contributed by atoms with van der Waals surface area (Å²) in [7, 11) is -3.91. The van der Waals surface area contributed by atoms with Crippen LogP contribution in [0.15, 0.2) is 27.6 Å². The molecule has 0 radical (unpaired) electrons. The molecule has 1 aromatic carbocycles. The quantitative estimate of drug-likeness (QED) is 0.784. The first-order chi connectivity index (χ1) is 9.69. The van der Waals surface area contributed by atoms with Gasteiger partial charge in [-0.25, -0.2) is 23.1 Å². The third-order valence-electron chi connectivity index (χ3n) is 2.53. The van der Waals surface area contributed by atoms with Gasteiger partial charge in [-0.15, -0.1) is 0 Å². The van der Waals surface area contributed by atoms with E-state index in [-0.39, 0.29) is 26.0 Å².